The molecule has 1 fully saturated rings. The van der Waals surface area contributed by atoms with E-state index in [1.165, 1.54) is 0 Å². The average molecular weight is 251 g/mol. The first-order chi connectivity index (χ1) is 8.74. The highest BCUT2D eigenvalue weighted by Crippen LogP contribution is 2.31. The fourth-order valence-corrected chi connectivity index (χ4v) is 2.40. The summed E-state index contributed by atoms with van der Waals surface area (Å²) in [5, 5.41) is 13.3. The molecule has 1 aliphatic carbocycles. The highest BCUT2D eigenvalue weighted by Gasteiger charge is 2.23. The van der Waals surface area contributed by atoms with Gasteiger partial charge < -0.3 is 19.9 Å². The second-order valence-electron chi connectivity index (χ2n) is 4.67. The topological polar surface area (TPSA) is 50.7 Å². The highest BCUT2D eigenvalue weighted by atomic mass is 16.5. The van der Waals surface area contributed by atoms with Crippen LogP contribution >= 0.6 is 0 Å². The molecular weight excluding hydrogens is 230 g/mol. The normalized spacial score (nSPS) is 23.5. The van der Waals surface area contributed by atoms with Gasteiger partial charge in [-0.3, -0.25) is 0 Å². The summed E-state index contributed by atoms with van der Waals surface area (Å²) in [5.41, 5.74) is 0.907. The van der Waals surface area contributed by atoms with E-state index in [-0.39, 0.29) is 12.1 Å². The van der Waals surface area contributed by atoms with Gasteiger partial charge in [0.05, 0.1) is 32.1 Å². The number of aliphatic hydroxyl groups is 1. The molecule has 18 heavy (non-hydrogen) atoms. The van der Waals surface area contributed by atoms with Gasteiger partial charge >= 0.3 is 0 Å². The number of anilines is 1. The molecule has 0 aromatic heterocycles. The summed E-state index contributed by atoms with van der Waals surface area (Å²) in [5.74, 6) is 1.51. The quantitative estimate of drug-likeness (QED) is 0.863. The van der Waals surface area contributed by atoms with E-state index in [0.717, 1.165) is 42.9 Å². The molecule has 0 heterocycles. The molecule has 4 heteroatoms. The van der Waals surface area contributed by atoms with Crippen molar-refractivity contribution in [3.63, 3.8) is 0 Å². The first-order valence-corrected chi connectivity index (χ1v) is 6.41. The van der Waals surface area contributed by atoms with E-state index >= 15 is 0 Å². The molecule has 0 saturated heterocycles. The van der Waals surface area contributed by atoms with Gasteiger partial charge in [-0.1, -0.05) is 12.8 Å². The van der Waals surface area contributed by atoms with E-state index in [9.17, 15) is 5.11 Å². The molecule has 0 unspecified atom stereocenters. The molecule has 2 rings (SSSR count). The van der Waals surface area contributed by atoms with E-state index in [4.69, 9.17) is 9.47 Å². The zero-order chi connectivity index (χ0) is 13.0. The number of benzene rings is 1. The van der Waals surface area contributed by atoms with Crippen LogP contribution in [0.4, 0.5) is 5.69 Å². The Bertz CT molecular complexity index is 395. The van der Waals surface area contributed by atoms with Crippen molar-refractivity contribution < 1.29 is 14.6 Å². The Labute approximate surface area is 108 Å². The SMILES string of the molecule is COc1ccc(N[C@@H]2CCCC[C@H]2O)c(OC)c1. The number of methoxy groups -OCH3 is 2. The lowest BCUT2D eigenvalue weighted by Crippen LogP contribution is -2.36. The van der Waals surface area contributed by atoms with Gasteiger partial charge in [-0.15, -0.1) is 0 Å². The van der Waals surface area contributed by atoms with Gasteiger partial charge in [0.1, 0.15) is 11.5 Å². The van der Waals surface area contributed by atoms with Crippen molar-refractivity contribution in [2.75, 3.05) is 19.5 Å². The highest BCUT2D eigenvalue weighted by molar-refractivity contribution is 5.59. The van der Waals surface area contributed by atoms with Crippen LogP contribution in [-0.4, -0.2) is 31.5 Å². The van der Waals surface area contributed by atoms with E-state index < -0.39 is 0 Å². The van der Waals surface area contributed by atoms with Crippen LogP contribution in [0.5, 0.6) is 11.5 Å². The fourth-order valence-electron chi connectivity index (χ4n) is 2.40. The van der Waals surface area contributed by atoms with Crippen molar-refractivity contribution in [3.8, 4) is 11.5 Å². The standard InChI is InChI=1S/C14H21NO3/c1-17-10-7-8-12(14(9-10)18-2)15-11-5-3-4-6-13(11)16/h7-9,11,13,15-16H,3-6H2,1-2H3/t11-,13-/m1/s1. The monoisotopic (exact) mass is 251 g/mol. The van der Waals surface area contributed by atoms with Crippen LogP contribution in [0, 0.1) is 0 Å². The maximum Gasteiger partial charge on any atom is 0.145 e. The van der Waals surface area contributed by atoms with E-state index in [1.54, 1.807) is 14.2 Å². The fraction of sp³-hybridized carbons (Fsp3) is 0.571. The van der Waals surface area contributed by atoms with Crippen LogP contribution in [-0.2, 0) is 0 Å². The number of aliphatic hydroxyl groups excluding tert-OH is 1. The van der Waals surface area contributed by atoms with Gasteiger partial charge in [0.15, 0.2) is 0 Å². The molecule has 1 aromatic rings. The maximum atomic E-state index is 9.97. The summed E-state index contributed by atoms with van der Waals surface area (Å²) in [6.07, 6.45) is 3.87. The van der Waals surface area contributed by atoms with E-state index in [2.05, 4.69) is 5.32 Å². The number of nitrogens with one attached hydrogen (secondary N) is 1. The Morgan fingerprint density at radius 3 is 2.61 bits per heavy atom. The Kier molecular flexibility index (Phi) is 4.31. The van der Waals surface area contributed by atoms with Crippen LogP contribution in [0.3, 0.4) is 0 Å². The second kappa shape index (κ2) is 5.96. The van der Waals surface area contributed by atoms with Crippen LogP contribution in [0.1, 0.15) is 25.7 Å². The third kappa shape index (κ3) is 2.88. The predicted molar refractivity (Wildman–Crippen MR) is 71.4 cm³/mol. The molecule has 0 spiro atoms. The van der Waals surface area contributed by atoms with Gasteiger partial charge in [0.25, 0.3) is 0 Å². The molecule has 0 radical (unpaired) electrons. The maximum absolute atomic E-state index is 9.97. The number of hydrogen-bond acceptors (Lipinski definition) is 4. The number of hydrogen-bond donors (Lipinski definition) is 2. The Hall–Kier alpha value is -1.42. The Morgan fingerprint density at radius 1 is 1.17 bits per heavy atom. The smallest absolute Gasteiger partial charge is 0.145 e. The average Bonchev–Trinajstić information content (AvgIpc) is 2.41. The predicted octanol–water partition coefficient (Wildman–Crippen LogP) is 2.42. The molecule has 2 N–H and O–H groups in total. The largest absolute Gasteiger partial charge is 0.497 e. The minimum atomic E-state index is -0.273. The summed E-state index contributed by atoms with van der Waals surface area (Å²) < 4.78 is 10.5. The van der Waals surface area contributed by atoms with E-state index in [0.29, 0.717) is 0 Å². The second-order valence-corrected chi connectivity index (χ2v) is 4.67. The van der Waals surface area contributed by atoms with Gasteiger partial charge in [0, 0.05) is 6.07 Å². The Balaban J connectivity index is 2.12. The molecule has 0 aliphatic heterocycles. The van der Waals surface area contributed by atoms with Gasteiger partial charge in [0.2, 0.25) is 0 Å². The van der Waals surface area contributed by atoms with Crippen molar-refractivity contribution in [1.29, 1.82) is 0 Å². The molecule has 100 valence electrons. The molecular formula is C14H21NO3. The van der Waals surface area contributed by atoms with Crippen LogP contribution in [0.25, 0.3) is 0 Å². The Morgan fingerprint density at radius 2 is 1.94 bits per heavy atom. The summed E-state index contributed by atoms with van der Waals surface area (Å²) in [6, 6.07) is 5.78. The van der Waals surface area contributed by atoms with Gasteiger partial charge in [-0.05, 0) is 25.0 Å². The van der Waals surface area contributed by atoms with Crippen molar-refractivity contribution >= 4 is 5.69 Å². The number of ether oxygens (including phenoxy) is 2. The van der Waals surface area contributed by atoms with Crippen molar-refractivity contribution in [2.45, 2.75) is 37.8 Å². The zero-order valence-electron chi connectivity index (χ0n) is 11.0. The van der Waals surface area contributed by atoms with Crippen LogP contribution < -0.4 is 14.8 Å². The molecule has 0 amide bonds. The zero-order valence-corrected chi connectivity index (χ0v) is 11.0. The number of rotatable bonds is 4. The van der Waals surface area contributed by atoms with Gasteiger partial charge in [-0.2, -0.15) is 0 Å². The van der Waals surface area contributed by atoms with Crippen molar-refractivity contribution in [3.05, 3.63) is 18.2 Å². The van der Waals surface area contributed by atoms with Crippen molar-refractivity contribution in [2.24, 2.45) is 0 Å². The lowest BCUT2D eigenvalue weighted by atomic mass is 9.92. The molecule has 1 aromatic carbocycles. The molecule has 0 bridgehead atoms. The summed E-state index contributed by atoms with van der Waals surface area (Å²) in [6.45, 7) is 0. The van der Waals surface area contributed by atoms with Crippen LogP contribution in [0.15, 0.2) is 18.2 Å². The minimum Gasteiger partial charge on any atom is -0.497 e. The lowest BCUT2D eigenvalue weighted by Gasteiger charge is -2.29. The summed E-state index contributed by atoms with van der Waals surface area (Å²) in [4.78, 5) is 0. The molecule has 1 saturated carbocycles. The summed E-state index contributed by atoms with van der Waals surface area (Å²) in [7, 11) is 3.27. The lowest BCUT2D eigenvalue weighted by molar-refractivity contribution is 0.116. The molecule has 2 atom stereocenters. The first kappa shape index (κ1) is 13.0. The molecule has 1 aliphatic rings. The van der Waals surface area contributed by atoms with Gasteiger partial charge in [-0.25, -0.2) is 0 Å². The third-order valence-electron chi connectivity index (χ3n) is 3.48. The third-order valence-corrected chi connectivity index (χ3v) is 3.48. The minimum absolute atomic E-state index is 0.112. The van der Waals surface area contributed by atoms with Crippen molar-refractivity contribution in [1.82, 2.24) is 0 Å². The van der Waals surface area contributed by atoms with Crippen LogP contribution in [0.2, 0.25) is 0 Å². The first-order valence-electron chi connectivity index (χ1n) is 6.41. The summed E-state index contributed by atoms with van der Waals surface area (Å²) >= 11 is 0. The molecule has 4 nitrogen and oxygen atoms in total. The van der Waals surface area contributed by atoms with E-state index in [1.807, 2.05) is 18.2 Å².